The van der Waals surface area contributed by atoms with E-state index < -0.39 is 0 Å². The van der Waals surface area contributed by atoms with E-state index in [1.54, 1.807) is 11.1 Å². The molecule has 0 saturated carbocycles. The summed E-state index contributed by atoms with van der Waals surface area (Å²) in [5.41, 5.74) is 5.73. The third-order valence-electron chi connectivity index (χ3n) is 5.46. The second kappa shape index (κ2) is 5.49. The van der Waals surface area contributed by atoms with Crippen molar-refractivity contribution in [2.45, 2.75) is 25.7 Å². The van der Waals surface area contributed by atoms with Crippen LogP contribution in [-0.4, -0.2) is 0 Å². The highest BCUT2D eigenvalue weighted by molar-refractivity contribution is 6.09. The van der Waals surface area contributed by atoms with Gasteiger partial charge in [-0.2, -0.15) is 0 Å². The lowest BCUT2D eigenvalue weighted by Crippen LogP contribution is -2.03. The molecule has 0 heterocycles. The monoisotopic (exact) mass is 308 g/mol. The molecule has 0 amide bonds. The first-order chi connectivity index (χ1) is 11.9. The molecule has 4 aromatic rings. The molecular weight excluding hydrogens is 288 g/mol. The predicted octanol–water partition coefficient (Wildman–Crippen LogP) is 6.54. The van der Waals surface area contributed by atoms with Crippen LogP contribution in [-0.2, 0) is 12.8 Å². The van der Waals surface area contributed by atoms with E-state index in [0.717, 1.165) is 0 Å². The van der Waals surface area contributed by atoms with Gasteiger partial charge in [0.15, 0.2) is 0 Å². The van der Waals surface area contributed by atoms with Gasteiger partial charge in [0.05, 0.1) is 0 Å². The first-order valence-corrected chi connectivity index (χ1v) is 8.93. The number of hydrogen-bond donors (Lipinski definition) is 0. The highest BCUT2D eigenvalue weighted by atomic mass is 14.2. The van der Waals surface area contributed by atoms with Gasteiger partial charge in [0.1, 0.15) is 0 Å². The van der Waals surface area contributed by atoms with Crippen molar-refractivity contribution >= 4 is 21.5 Å². The molecule has 24 heavy (non-hydrogen) atoms. The van der Waals surface area contributed by atoms with Gasteiger partial charge in [-0.15, -0.1) is 0 Å². The topological polar surface area (TPSA) is 0 Å². The fraction of sp³-hybridized carbons (Fsp3) is 0.167. The summed E-state index contributed by atoms with van der Waals surface area (Å²) < 4.78 is 0. The van der Waals surface area contributed by atoms with Crippen LogP contribution in [0.15, 0.2) is 72.8 Å². The number of rotatable bonds is 1. The summed E-state index contributed by atoms with van der Waals surface area (Å²) in [5.74, 6) is 0. The summed E-state index contributed by atoms with van der Waals surface area (Å²) in [7, 11) is 0. The Labute approximate surface area is 142 Å². The molecule has 1 aliphatic carbocycles. The average molecular weight is 308 g/mol. The van der Waals surface area contributed by atoms with Crippen molar-refractivity contribution in [3.05, 3.63) is 83.9 Å². The smallest absolute Gasteiger partial charge is 0.0102 e. The lowest BCUT2D eigenvalue weighted by molar-refractivity contribution is 0.690. The van der Waals surface area contributed by atoms with Crippen LogP contribution in [0.4, 0.5) is 0 Å². The van der Waals surface area contributed by atoms with Crippen LogP contribution in [0.5, 0.6) is 0 Å². The molecule has 1 aliphatic rings. The van der Waals surface area contributed by atoms with Crippen LogP contribution < -0.4 is 0 Å². The molecular formula is C24H20. The fourth-order valence-electron chi connectivity index (χ4n) is 4.21. The molecule has 0 nitrogen and oxygen atoms in total. The van der Waals surface area contributed by atoms with E-state index in [2.05, 4.69) is 72.8 Å². The van der Waals surface area contributed by atoms with Gasteiger partial charge in [0.2, 0.25) is 0 Å². The van der Waals surface area contributed by atoms with Gasteiger partial charge >= 0.3 is 0 Å². The van der Waals surface area contributed by atoms with Crippen molar-refractivity contribution in [1.82, 2.24) is 0 Å². The first-order valence-electron chi connectivity index (χ1n) is 8.93. The Morgan fingerprint density at radius 3 is 2.25 bits per heavy atom. The van der Waals surface area contributed by atoms with Crippen molar-refractivity contribution < 1.29 is 0 Å². The molecule has 5 rings (SSSR count). The minimum Gasteiger partial charge on any atom is -0.0622 e. The SMILES string of the molecule is c1ccc(-c2ccc3c(ccc4c5c(ccc43)CCCC5)c2)cc1. The Bertz CT molecular complexity index is 1040. The lowest BCUT2D eigenvalue weighted by atomic mass is 9.86. The molecule has 0 fully saturated rings. The summed E-state index contributed by atoms with van der Waals surface area (Å²) in [4.78, 5) is 0. The van der Waals surface area contributed by atoms with Gasteiger partial charge in [0.25, 0.3) is 0 Å². The van der Waals surface area contributed by atoms with Gasteiger partial charge in [-0.1, -0.05) is 66.7 Å². The van der Waals surface area contributed by atoms with Gasteiger partial charge in [0, 0.05) is 0 Å². The standard InChI is InChI=1S/C24H20/c1-2-6-17(7-3-1)19-11-13-22-20(16-19)12-15-23-21-9-5-4-8-18(21)10-14-24(22)23/h1-3,6-7,10-16H,4-5,8-9H2. The Morgan fingerprint density at radius 2 is 1.33 bits per heavy atom. The van der Waals surface area contributed by atoms with Crippen LogP contribution in [0.3, 0.4) is 0 Å². The molecule has 0 bridgehead atoms. The van der Waals surface area contributed by atoms with Crippen LogP contribution in [0.2, 0.25) is 0 Å². The molecule has 0 N–H and O–H groups in total. The van der Waals surface area contributed by atoms with Crippen LogP contribution >= 0.6 is 0 Å². The zero-order valence-electron chi connectivity index (χ0n) is 13.8. The maximum atomic E-state index is 2.36. The number of fused-ring (bicyclic) bond motifs is 5. The van der Waals surface area contributed by atoms with Crippen LogP contribution in [0.25, 0.3) is 32.7 Å². The second-order valence-electron chi connectivity index (χ2n) is 6.87. The maximum Gasteiger partial charge on any atom is -0.0102 e. The molecule has 0 aliphatic heterocycles. The zero-order valence-corrected chi connectivity index (χ0v) is 13.8. The van der Waals surface area contributed by atoms with Crippen LogP contribution in [0.1, 0.15) is 24.0 Å². The van der Waals surface area contributed by atoms with E-state index in [9.17, 15) is 0 Å². The van der Waals surface area contributed by atoms with E-state index in [4.69, 9.17) is 0 Å². The highest BCUT2D eigenvalue weighted by Gasteiger charge is 2.13. The molecule has 0 heteroatoms. The molecule has 116 valence electrons. The third-order valence-corrected chi connectivity index (χ3v) is 5.46. The number of aryl methyl sites for hydroxylation is 2. The Morgan fingerprint density at radius 1 is 0.542 bits per heavy atom. The lowest BCUT2D eigenvalue weighted by Gasteiger charge is -2.19. The Balaban J connectivity index is 1.74. The zero-order chi connectivity index (χ0) is 15.9. The molecule has 4 aromatic carbocycles. The largest absolute Gasteiger partial charge is 0.0622 e. The van der Waals surface area contributed by atoms with Crippen molar-refractivity contribution in [3.8, 4) is 11.1 Å². The maximum absolute atomic E-state index is 2.36. The van der Waals surface area contributed by atoms with Gasteiger partial charge in [-0.3, -0.25) is 0 Å². The minimum absolute atomic E-state index is 1.24. The summed E-state index contributed by atoms with van der Waals surface area (Å²) in [6, 6.07) is 26.9. The molecule has 0 atom stereocenters. The summed E-state index contributed by atoms with van der Waals surface area (Å²) >= 11 is 0. The molecule has 0 radical (unpaired) electrons. The molecule has 0 unspecified atom stereocenters. The highest BCUT2D eigenvalue weighted by Crippen LogP contribution is 2.34. The van der Waals surface area contributed by atoms with E-state index in [1.807, 2.05) is 0 Å². The minimum atomic E-state index is 1.24. The van der Waals surface area contributed by atoms with Crippen molar-refractivity contribution in [2.24, 2.45) is 0 Å². The molecule has 0 saturated heterocycles. The quantitative estimate of drug-likeness (QED) is 0.350. The van der Waals surface area contributed by atoms with Crippen LogP contribution in [0, 0.1) is 0 Å². The number of hydrogen-bond acceptors (Lipinski definition) is 0. The molecule has 0 spiro atoms. The fourth-order valence-corrected chi connectivity index (χ4v) is 4.21. The first kappa shape index (κ1) is 13.8. The normalized spacial score (nSPS) is 14.0. The predicted molar refractivity (Wildman–Crippen MR) is 104 cm³/mol. The van der Waals surface area contributed by atoms with E-state index in [1.165, 1.54) is 58.4 Å². The van der Waals surface area contributed by atoms with Gasteiger partial charge in [-0.25, -0.2) is 0 Å². The van der Waals surface area contributed by atoms with Gasteiger partial charge in [-0.05, 0) is 75.5 Å². The summed E-state index contributed by atoms with van der Waals surface area (Å²) in [5, 5.41) is 5.58. The number of benzene rings is 4. The van der Waals surface area contributed by atoms with E-state index in [-0.39, 0.29) is 0 Å². The Kier molecular flexibility index (Phi) is 3.16. The summed E-state index contributed by atoms with van der Waals surface area (Å²) in [6.45, 7) is 0. The average Bonchev–Trinajstić information content (AvgIpc) is 2.67. The Hall–Kier alpha value is -2.60. The summed E-state index contributed by atoms with van der Waals surface area (Å²) in [6.07, 6.45) is 5.15. The van der Waals surface area contributed by atoms with Crippen molar-refractivity contribution in [3.63, 3.8) is 0 Å². The van der Waals surface area contributed by atoms with Crippen molar-refractivity contribution in [2.75, 3.05) is 0 Å². The van der Waals surface area contributed by atoms with E-state index in [0.29, 0.717) is 0 Å². The van der Waals surface area contributed by atoms with Crippen molar-refractivity contribution in [1.29, 1.82) is 0 Å². The van der Waals surface area contributed by atoms with E-state index >= 15 is 0 Å². The van der Waals surface area contributed by atoms with Gasteiger partial charge < -0.3 is 0 Å². The molecule has 0 aromatic heterocycles. The second-order valence-corrected chi connectivity index (χ2v) is 6.87. The third kappa shape index (κ3) is 2.14.